The van der Waals surface area contributed by atoms with Crippen LogP contribution in [0.4, 0.5) is 0 Å². The number of pyridine rings is 1. The summed E-state index contributed by atoms with van der Waals surface area (Å²) >= 11 is 0. The highest BCUT2D eigenvalue weighted by molar-refractivity contribution is 14.0. The van der Waals surface area contributed by atoms with Gasteiger partial charge in [0, 0.05) is 45.0 Å². The molecule has 0 aromatic carbocycles. The van der Waals surface area contributed by atoms with E-state index in [0.29, 0.717) is 12.0 Å². The lowest BCUT2D eigenvalue weighted by atomic mass is 9.67. The normalized spacial score (nSPS) is 15.3. The van der Waals surface area contributed by atoms with Gasteiger partial charge in [-0.15, -0.1) is 24.0 Å². The van der Waals surface area contributed by atoms with Gasteiger partial charge in [-0.3, -0.25) is 9.78 Å². The van der Waals surface area contributed by atoms with E-state index in [1.54, 1.807) is 11.1 Å². The van der Waals surface area contributed by atoms with Gasteiger partial charge < -0.3 is 15.5 Å². The van der Waals surface area contributed by atoms with Crippen LogP contribution < -0.4 is 10.6 Å². The van der Waals surface area contributed by atoms with Gasteiger partial charge in [0.1, 0.15) is 6.54 Å². The van der Waals surface area contributed by atoms with Gasteiger partial charge >= 0.3 is 0 Å². The summed E-state index contributed by atoms with van der Waals surface area (Å²) in [5, 5.41) is 6.66. The Hall–Kier alpha value is -1.38. The molecule has 1 saturated carbocycles. The summed E-state index contributed by atoms with van der Waals surface area (Å²) in [7, 11) is 1.82. The molecule has 6 nitrogen and oxygen atoms in total. The zero-order chi connectivity index (χ0) is 18.8. The first kappa shape index (κ1) is 23.7. The highest BCUT2D eigenvalue weighted by Gasteiger charge is 2.34. The number of guanidine groups is 1. The van der Waals surface area contributed by atoms with Crippen LogP contribution in [0.15, 0.2) is 29.4 Å². The van der Waals surface area contributed by atoms with Crippen LogP contribution in [0.25, 0.3) is 0 Å². The van der Waals surface area contributed by atoms with Crippen LogP contribution in [-0.4, -0.2) is 55.0 Å². The minimum Gasteiger partial charge on any atom is -0.357 e. The SMILES string of the molecule is CCNC(=NCC(=O)N(C)CCc1ccccn1)NCC1(CC)CCC1.I. The fourth-order valence-corrected chi connectivity index (χ4v) is 3.17. The predicted molar refractivity (Wildman–Crippen MR) is 122 cm³/mol. The van der Waals surface area contributed by atoms with Crippen molar-refractivity contribution < 1.29 is 4.79 Å². The Labute approximate surface area is 180 Å². The first-order valence-electron chi connectivity index (χ1n) is 9.74. The zero-order valence-electron chi connectivity index (χ0n) is 16.8. The van der Waals surface area contributed by atoms with E-state index in [2.05, 4.69) is 27.5 Å². The fourth-order valence-electron chi connectivity index (χ4n) is 3.17. The molecule has 152 valence electrons. The van der Waals surface area contributed by atoms with E-state index >= 15 is 0 Å². The molecule has 0 spiro atoms. The number of halogens is 1. The van der Waals surface area contributed by atoms with Gasteiger partial charge in [0.05, 0.1) is 0 Å². The molecule has 0 aliphatic heterocycles. The molecule has 27 heavy (non-hydrogen) atoms. The maximum atomic E-state index is 12.3. The molecule has 0 atom stereocenters. The summed E-state index contributed by atoms with van der Waals surface area (Å²) < 4.78 is 0. The molecule has 0 saturated heterocycles. The highest BCUT2D eigenvalue weighted by Crippen LogP contribution is 2.42. The average Bonchev–Trinajstić information content (AvgIpc) is 2.64. The van der Waals surface area contributed by atoms with Crippen molar-refractivity contribution in [2.75, 3.05) is 33.2 Å². The van der Waals surface area contributed by atoms with E-state index in [4.69, 9.17) is 0 Å². The molecule has 1 fully saturated rings. The maximum absolute atomic E-state index is 12.3. The molecule has 1 aromatic rings. The molecule has 7 heteroatoms. The van der Waals surface area contributed by atoms with Crippen molar-refractivity contribution in [1.29, 1.82) is 0 Å². The quantitative estimate of drug-likeness (QED) is 0.320. The molecule has 2 rings (SSSR count). The first-order chi connectivity index (χ1) is 12.6. The lowest BCUT2D eigenvalue weighted by molar-refractivity contribution is -0.128. The van der Waals surface area contributed by atoms with Gasteiger partial charge in [0.2, 0.25) is 5.91 Å². The van der Waals surface area contributed by atoms with E-state index < -0.39 is 0 Å². The number of nitrogens with one attached hydrogen (secondary N) is 2. The third-order valence-corrected chi connectivity index (χ3v) is 5.37. The summed E-state index contributed by atoms with van der Waals surface area (Å²) in [5.41, 5.74) is 1.41. The maximum Gasteiger partial charge on any atom is 0.244 e. The smallest absolute Gasteiger partial charge is 0.244 e. The number of hydrogen-bond acceptors (Lipinski definition) is 3. The van der Waals surface area contributed by atoms with E-state index in [1.165, 1.54) is 25.7 Å². The van der Waals surface area contributed by atoms with Crippen LogP contribution in [0.2, 0.25) is 0 Å². The van der Waals surface area contributed by atoms with Gasteiger partial charge in [0.15, 0.2) is 5.96 Å². The number of rotatable bonds is 9. The van der Waals surface area contributed by atoms with Crippen molar-refractivity contribution in [3.63, 3.8) is 0 Å². The molecule has 1 aliphatic carbocycles. The van der Waals surface area contributed by atoms with Gasteiger partial charge in [-0.1, -0.05) is 19.4 Å². The highest BCUT2D eigenvalue weighted by atomic mass is 127. The third-order valence-electron chi connectivity index (χ3n) is 5.37. The van der Waals surface area contributed by atoms with Crippen LogP contribution in [0.3, 0.4) is 0 Å². The molecular formula is C20H34IN5O. The van der Waals surface area contributed by atoms with E-state index in [9.17, 15) is 4.79 Å². The van der Waals surface area contributed by atoms with E-state index in [-0.39, 0.29) is 36.4 Å². The first-order valence-corrected chi connectivity index (χ1v) is 9.74. The Morgan fingerprint density at radius 1 is 1.30 bits per heavy atom. The Kier molecular flexibility index (Phi) is 10.6. The number of aromatic nitrogens is 1. The monoisotopic (exact) mass is 487 g/mol. The molecule has 0 bridgehead atoms. The number of nitrogens with zero attached hydrogens (tertiary/aromatic N) is 3. The second-order valence-corrected chi connectivity index (χ2v) is 7.14. The van der Waals surface area contributed by atoms with Gasteiger partial charge in [0.25, 0.3) is 0 Å². The van der Waals surface area contributed by atoms with Crippen molar-refractivity contribution in [2.45, 2.75) is 46.0 Å². The van der Waals surface area contributed by atoms with Crippen molar-refractivity contribution in [3.05, 3.63) is 30.1 Å². The molecule has 1 aliphatic rings. The summed E-state index contributed by atoms with van der Waals surface area (Å²) in [6.07, 6.45) is 7.61. The summed E-state index contributed by atoms with van der Waals surface area (Å²) in [6.45, 7) is 6.82. The topological polar surface area (TPSA) is 69.6 Å². The van der Waals surface area contributed by atoms with Crippen molar-refractivity contribution in [1.82, 2.24) is 20.5 Å². The molecule has 1 aromatic heterocycles. The second kappa shape index (κ2) is 12.2. The number of aliphatic imine (C=N–C) groups is 1. The molecule has 1 heterocycles. The van der Waals surface area contributed by atoms with Crippen LogP contribution in [0, 0.1) is 5.41 Å². The van der Waals surface area contributed by atoms with Crippen LogP contribution >= 0.6 is 24.0 Å². The summed E-state index contributed by atoms with van der Waals surface area (Å²) in [4.78, 5) is 22.8. The molecular weight excluding hydrogens is 453 g/mol. The van der Waals surface area contributed by atoms with Gasteiger partial charge in [-0.25, -0.2) is 4.99 Å². The zero-order valence-corrected chi connectivity index (χ0v) is 19.2. The molecule has 0 radical (unpaired) electrons. The minimum atomic E-state index is 0. The van der Waals surface area contributed by atoms with Crippen LogP contribution in [0.5, 0.6) is 0 Å². The van der Waals surface area contributed by atoms with Gasteiger partial charge in [-0.2, -0.15) is 0 Å². The van der Waals surface area contributed by atoms with E-state index in [0.717, 1.165) is 31.2 Å². The van der Waals surface area contributed by atoms with Crippen LogP contribution in [-0.2, 0) is 11.2 Å². The Morgan fingerprint density at radius 2 is 2.07 bits per heavy atom. The lowest BCUT2D eigenvalue weighted by Crippen LogP contribution is -2.46. The standard InChI is InChI=1S/C20H33N5O.HI/c1-4-20(11-8-12-20)16-24-19(21-5-2)23-15-18(26)25(3)14-10-17-9-6-7-13-22-17;/h6-7,9,13H,4-5,8,10-12,14-16H2,1-3H3,(H2,21,23,24);1H. The summed E-state index contributed by atoms with van der Waals surface area (Å²) in [5.74, 6) is 0.755. The third kappa shape index (κ3) is 7.63. The van der Waals surface area contributed by atoms with E-state index in [1.807, 2.05) is 32.2 Å². The number of carbonyl (C=O) groups excluding carboxylic acids is 1. The number of likely N-dealkylation sites (N-methyl/N-ethyl adjacent to an activating group) is 1. The van der Waals surface area contributed by atoms with Crippen molar-refractivity contribution >= 4 is 35.8 Å². The Balaban J connectivity index is 0.00000364. The fraction of sp³-hybridized carbons (Fsp3) is 0.650. The predicted octanol–water partition coefficient (Wildman–Crippen LogP) is 2.84. The largest absolute Gasteiger partial charge is 0.357 e. The Morgan fingerprint density at radius 3 is 2.63 bits per heavy atom. The average molecular weight is 487 g/mol. The minimum absolute atomic E-state index is 0. The molecule has 0 unspecified atom stereocenters. The molecule has 1 amide bonds. The summed E-state index contributed by atoms with van der Waals surface area (Å²) in [6, 6.07) is 5.84. The number of amides is 1. The van der Waals surface area contributed by atoms with Crippen molar-refractivity contribution in [2.24, 2.45) is 10.4 Å². The molecule has 2 N–H and O–H groups in total. The number of carbonyl (C=O) groups is 1. The second-order valence-electron chi connectivity index (χ2n) is 7.14. The van der Waals surface area contributed by atoms with Gasteiger partial charge in [-0.05, 0) is 43.7 Å². The van der Waals surface area contributed by atoms with Crippen molar-refractivity contribution in [3.8, 4) is 0 Å². The van der Waals surface area contributed by atoms with Crippen LogP contribution in [0.1, 0.15) is 45.2 Å². The number of hydrogen-bond donors (Lipinski definition) is 2. The Bertz CT molecular complexity index is 584. The lowest BCUT2D eigenvalue weighted by Gasteiger charge is -2.41.